The molecule has 0 saturated heterocycles. The number of benzene rings is 9. The molecule has 0 aliphatic carbocycles. The van der Waals surface area contributed by atoms with Crippen LogP contribution in [0, 0.1) is 0 Å². The van der Waals surface area contributed by atoms with E-state index in [0.717, 1.165) is 38.7 Å². The smallest absolute Gasteiger partial charge is 0.143 e. The molecule has 228 valence electrons. The molecule has 9 aromatic carbocycles. The predicted molar refractivity (Wildman–Crippen MR) is 211 cm³/mol. The van der Waals surface area contributed by atoms with E-state index in [4.69, 9.17) is 4.42 Å². The van der Waals surface area contributed by atoms with Gasteiger partial charge >= 0.3 is 0 Å². The van der Waals surface area contributed by atoms with Crippen LogP contribution in [0.25, 0.3) is 85.2 Å². The summed E-state index contributed by atoms with van der Waals surface area (Å²) in [6.45, 7) is 0. The van der Waals surface area contributed by atoms with Crippen molar-refractivity contribution in [2.75, 3.05) is 4.90 Å². The number of nitrogens with zero attached hydrogens (tertiary/aromatic N) is 1. The third kappa shape index (κ3) is 3.94. The van der Waals surface area contributed by atoms with Crippen molar-refractivity contribution in [3.63, 3.8) is 0 Å². The maximum Gasteiger partial charge on any atom is 0.143 e. The first kappa shape index (κ1) is 26.9. The Bertz CT molecular complexity index is 3130. The lowest BCUT2D eigenvalue weighted by atomic mass is 10.0. The highest BCUT2D eigenvalue weighted by Gasteiger charge is 2.21. The predicted octanol–water partition coefficient (Wildman–Crippen LogP) is 14.0. The normalized spacial score (nSPS) is 12.1. The summed E-state index contributed by atoms with van der Waals surface area (Å²) in [6.07, 6.45) is 0. The molecular formula is C46H27NOS. The minimum Gasteiger partial charge on any atom is -0.455 e. The summed E-state index contributed by atoms with van der Waals surface area (Å²) >= 11 is 1.89. The van der Waals surface area contributed by atoms with Crippen molar-refractivity contribution < 1.29 is 4.42 Å². The van der Waals surface area contributed by atoms with Crippen molar-refractivity contribution in [2.24, 2.45) is 0 Å². The van der Waals surface area contributed by atoms with Crippen molar-refractivity contribution in [1.29, 1.82) is 0 Å². The zero-order valence-corrected chi connectivity index (χ0v) is 27.2. The molecule has 0 unspecified atom stereocenters. The lowest BCUT2D eigenvalue weighted by Crippen LogP contribution is -2.10. The number of thiophene rings is 1. The van der Waals surface area contributed by atoms with Crippen molar-refractivity contribution in [1.82, 2.24) is 0 Å². The van der Waals surface area contributed by atoms with Crippen LogP contribution in [-0.2, 0) is 0 Å². The van der Waals surface area contributed by atoms with E-state index in [0.29, 0.717) is 0 Å². The van der Waals surface area contributed by atoms with Gasteiger partial charge < -0.3 is 9.32 Å². The lowest BCUT2D eigenvalue weighted by Gasteiger charge is -2.26. The first-order valence-electron chi connectivity index (χ1n) is 16.7. The van der Waals surface area contributed by atoms with Crippen LogP contribution in [-0.4, -0.2) is 0 Å². The van der Waals surface area contributed by atoms with Gasteiger partial charge in [0.05, 0.1) is 10.4 Å². The fourth-order valence-corrected chi connectivity index (χ4v) is 9.23. The largest absolute Gasteiger partial charge is 0.455 e. The Labute approximate surface area is 285 Å². The number of anilines is 3. The van der Waals surface area contributed by atoms with E-state index < -0.39 is 0 Å². The van der Waals surface area contributed by atoms with Gasteiger partial charge in [-0.3, -0.25) is 0 Å². The molecule has 0 atom stereocenters. The number of hydrogen-bond acceptors (Lipinski definition) is 3. The number of furan rings is 1. The molecule has 2 nitrogen and oxygen atoms in total. The van der Waals surface area contributed by atoms with Gasteiger partial charge in [0.25, 0.3) is 0 Å². The average molecular weight is 642 g/mol. The molecule has 2 heterocycles. The quantitative estimate of drug-likeness (QED) is 0.179. The van der Waals surface area contributed by atoms with Gasteiger partial charge in [0.1, 0.15) is 11.2 Å². The number of fused-ring (bicyclic) bond motifs is 13. The second-order valence-corrected chi connectivity index (χ2v) is 13.9. The summed E-state index contributed by atoms with van der Waals surface area (Å²) in [5.74, 6) is 0. The van der Waals surface area contributed by atoms with E-state index in [1.165, 1.54) is 63.6 Å². The van der Waals surface area contributed by atoms with Crippen LogP contribution in [0.5, 0.6) is 0 Å². The third-order valence-corrected chi connectivity index (χ3v) is 11.5. The molecule has 11 aromatic rings. The molecule has 0 bridgehead atoms. The highest BCUT2D eigenvalue weighted by atomic mass is 32.1. The molecule has 11 rings (SSSR count). The fraction of sp³-hybridized carbons (Fsp3) is 0. The molecule has 0 spiro atoms. The molecule has 3 heteroatoms. The zero-order chi connectivity index (χ0) is 32.1. The van der Waals surface area contributed by atoms with E-state index in [-0.39, 0.29) is 0 Å². The standard InChI is InChI=1S/C46H27NOS/c1-4-11-34-28(8-1)16-17-31-26-32(20-24-35(31)34)47(33-21-25-43-41(27-33)38-22-18-29-9-2-5-12-36(29)44(38)48-43)42-15-7-14-39-40-23-19-30-10-3-6-13-37(30)45(40)49-46(39)42/h1-27H. The summed E-state index contributed by atoms with van der Waals surface area (Å²) in [4.78, 5) is 2.44. The molecule has 49 heavy (non-hydrogen) atoms. The van der Waals surface area contributed by atoms with E-state index >= 15 is 0 Å². The van der Waals surface area contributed by atoms with Crippen LogP contribution in [0.15, 0.2) is 168 Å². The summed E-state index contributed by atoms with van der Waals surface area (Å²) in [5, 5.41) is 14.7. The Balaban J connectivity index is 1.20. The molecule has 0 aliphatic heterocycles. The van der Waals surface area contributed by atoms with Crippen LogP contribution >= 0.6 is 11.3 Å². The lowest BCUT2D eigenvalue weighted by molar-refractivity contribution is 0.672. The fourth-order valence-electron chi connectivity index (χ4n) is 7.89. The Hall–Kier alpha value is -6.16. The monoisotopic (exact) mass is 641 g/mol. The van der Waals surface area contributed by atoms with Gasteiger partial charge in [-0.2, -0.15) is 0 Å². The minimum absolute atomic E-state index is 0.895. The van der Waals surface area contributed by atoms with Crippen molar-refractivity contribution >= 4 is 114 Å². The van der Waals surface area contributed by atoms with Crippen LogP contribution in [0.4, 0.5) is 17.1 Å². The average Bonchev–Trinajstić information content (AvgIpc) is 3.74. The van der Waals surface area contributed by atoms with Crippen molar-refractivity contribution in [3.8, 4) is 0 Å². The minimum atomic E-state index is 0.895. The highest BCUT2D eigenvalue weighted by molar-refractivity contribution is 7.27. The van der Waals surface area contributed by atoms with Gasteiger partial charge in [-0.05, 0) is 80.2 Å². The molecule has 2 aromatic heterocycles. The SMILES string of the molecule is c1ccc2c(c1)ccc1cc(N(c3ccc4oc5c6ccccc6ccc5c4c3)c3cccc4c3sc3c5ccccc5ccc43)ccc12. The van der Waals surface area contributed by atoms with Gasteiger partial charge in [0, 0.05) is 43.0 Å². The van der Waals surface area contributed by atoms with Crippen molar-refractivity contribution in [2.45, 2.75) is 0 Å². The topological polar surface area (TPSA) is 16.4 Å². The summed E-state index contributed by atoms with van der Waals surface area (Å²) in [5.41, 5.74) is 5.22. The maximum atomic E-state index is 6.54. The Morgan fingerprint density at radius 3 is 1.80 bits per heavy atom. The van der Waals surface area contributed by atoms with Gasteiger partial charge in [0.15, 0.2) is 0 Å². The van der Waals surface area contributed by atoms with Gasteiger partial charge in [-0.1, -0.05) is 121 Å². The second-order valence-electron chi connectivity index (χ2n) is 12.9. The molecule has 0 radical (unpaired) electrons. The molecule has 0 aliphatic rings. The molecule has 0 saturated carbocycles. The van der Waals surface area contributed by atoms with Crippen LogP contribution in [0.2, 0.25) is 0 Å². The number of rotatable bonds is 3. The van der Waals surface area contributed by atoms with Crippen LogP contribution in [0.3, 0.4) is 0 Å². The van der Waals surface area contributed by atoms with Gasteiger partial charge in [-0.15, -0.1) is 11.3 Å². The van der Waals surface area contributed by atoms with Crippen LogP contribution < -0.4 is 4.90 Å². The first-order valence-corrected chi connectivity index (χ1v) is 17.5. The molecule has 0 fully saturated rings. The molecule has 0 N–H and O–H groups in total. The van der Waals surface area contributed by atoms with E-state index in [9.17, 15) is 0 Å². The van der Waals surface area contributed by atoms with Crippen molar-refractivity contribution in [3.05, 3.63) is 164 Å². The first-order chi connectivity index (χ1) is 24.3. The van der Waals surface area contributed by atoms with E-state index in [1.54, 1.807) is 0 Å². The Morgan fingerprint density at radius 2 is 0.939 bits per heavy atom. The van der Waals surface area contributed by atoms with Gasteiger partial charge in [0.2, 0.25) is 0 Å². The summed E-state index contributed by atoms with van der Waals surface area (Å²) < 4.78 is 9.15. The maximum absolute atomic E-state index is 6.54. The van der Waals surface area contributed by atoms with Gasteiger partial charge in [-0.25, -0.2) is 0 Å². The summed E-state index contributed by atoms with van der Waals surface area (Å²) in [7, 11) is 0. The van der Waals surface area contributed by atoms with Crippen LogP contribution in [0.1, 0.15) is 0 Å². The number of hydrogen-bond donors (Lipinski definition) is 0. The van der Waals surface area contributed by atoms with E-state index in [2.05, 4.69) is 169 Å². The second kappa shape index (κ2) is 10.2. The molecular weight excluding hydrogens is 615 g/mol. The Morgan fingerprint density at radius 1 is 0.367 bits per heavy atom. The molecule has 0 amide bonds. The van der Waals surface area contributed by atoms with E-state index in [1.807, 2.05) is 11.3 Å². The zero-order valence-electron chi connectivity index (χ0n) is 26.4. The third-order valence-electron chi connectivity index (χ3n) is 10.2. The highest BCUT2D eigenvalue weighted by Crippen LogP contribution is 2.48. The summed E-state index contributed by atoms with van der Waals surface area (Å²) in [6, 6.07) is 59.6. The Kier molecular flexibility index (Phi) is 5.57.